The molecule has 0 aliphatic carbocycles. The van der Waals surface area contributed by atoms with E-state index in [0.717, 1.165) is 0 Å². The van der Waals surface area contributed by atoms with Crippen LogP contribution in [0.15, 0.2) is 48.5 Å². The number of methoxy groups -OCH3 is 1. The van der Waals surface area contributed by atoms with Crippen molar-refractivity contribution >= 4 is 23.5 Å². The summed E-state index contributed by atoms with van der Waals surface area (Å²) >= 11 is 5.74. The van der Waals surface area contributed by atoms with Crippen LogP contribution in [0.1, 0.15) is 20.7 Å². The van der Waals surface area contributed by atoms with E-state index < -0.39 is 11.9 Å². The van der Waals surface area contributed by atoms with Gasteiger partial charge in [-0.1, -0.05) is 11.6 Å². The Morgan fingerprint density at radius 3 is 1.85 bits per heavy atom. The Kier molecular flexibility index (Phi) is 4.38. The van der Waals surface area contributed by atoms with Crippen LogP contribution in [0.5, 0.6) is 5.75 Å². The van der Waals surface area contributed by atoms with E-state index >= 15 is 0 Å². The van der Waals surface area contributed by atoms with Crippen molar-refractivity contribution in [1.82, 2.24) is 0 Å². The smallest absolute Gasteiger partial charge is 0.343 e. The number of hydrogen-bond acceptors (Lipinski definition) is 4. The summed E-state index contributed by atoms with van der Waals surface area (Å²) in [7, 11) is 1.30. The maximum Gasteiger partial charge on any atom is 0.343 e. The van der Waals surface area contributed by atoms with E-state index in [2.05, 4.69) is 4.74 Å². The molecule has 0 unspecified atom stereocenters. The summed E-state index contributed by atoms with van der Waals surface area (Å²) < 4.78 is 9.74. The molecule has 2 rings (SSSR count). The number of rotatable bonds is 3. The molecule has 0 radical (unpaired) electrons. The first-order valence-corrected chi connectivity index (χ1v) is 6.14. The lowest BCUT2D eigenvalue weighted by molar-refractivity contribution is 0.0599. The summed E-state index contributed by atoms with van der Waals surface area (Å²) in [5, 5.41) is 0.562. The van der Waals surface area contributed by atoms with Crippen molar-refractivity contribution in [3.63, 3.8) is 0 Å². The van der Waals surface area contributed by atoms with Crippen molar-refractivity contribution in [3.05, 3.63) is 64.7 Å². The van der Waals surface area contributed by atoms with Crippen molar-refractivity contribution < 1.29 is 19.1 Å². The molecule has 0 aliphatic heterocycles. The lowest BCUT2D eigenvalue weighted by Gasteiger charge is -2.05. The molecular formula is C15H11ClO4. The van der Waals surface area contributed by atoms with E-state index in [-0.39, 0.29) is 0 Å². The first-order valence-electron chi connectivity index (χ1n) is 5.76. The van der Waals surface area contributed by atoms with E-state index in [1.807, 2.05) is 0 Å². The molecule has 5 heteroatoms. The third-order valence-electron chi connectivity index (χ3n) is 2.57. The normalized spacial score (nSPS) is 9.90. The van der Waals surface area contributed by atoms with Crippen LogP contribution in [0.2, 0.25) is 5.02 Å². The average Bonchev–Trinajstić information content (AvgIpc) is 2.49. The van der Waals surface area contributed by atoms with Gasteiger partial charge in [0, 0.05) is 5.02 Å². The zero-order chi connectivity index (χ0) is 14.5. The fraction of sp³-hybridized carbons (Fsp3) is 0.0667. The average molecular weight is 291 g/mol. The van der Waals surface area contributed by atoms with Crippen LogP contribution in [-0.2, 0) is 4.74 Å². The number of carbonyl (C=O) groups excluding carboxylic acids is 2. The van der Waals surface area contributed by atoms with Crippen LogP contribution in [0.25, 0.3) is 0 Å². The second kappa shape index (κ2) is 6.21. The molecule has 0 aromatic heterocycles. The summed E-state index contributed by atoms with van der Waals surface area (Å²) in [6.45, 7) is 0. The van der Waals surface area contributed by atoms with Gasteiger partial charge in [0.05, 0.1) is 18.2 Å². The maximum absolute atomic E-state index is 11.9. The highest BCUT2D eigenvalue weighted by Crippen LogP contribution is 2.17. The van der Waals surface area contributed by atoms with Crippen molar-refractivity contribution in [1.29, 1.82) is 0 Å². The van der Waals surface area contributed by atoms with Gasteiger partial charge in [-0.3, -0.25) is 0 Å². The molecule has 0 aliphatic rings. The third-order valence-corrected chi connectivity index (χ3v) is 2.82. The summed E-state index contributed by atoms with van der Waals surface area (Å²) in [6.07, 6.45) is 0. The maximum atomic E-state index is 11.9. The topological polar surface area (TPSA) is 52.6 Å². The highest BCUT2D eigenvalue weighted by molar-refractivity contribution is 6.30. The Labute approximate surface area is 120 Å². The summed E-state index contributed by atoms with van der Waals surface area (Å²) in [6, 6.07) is 12.5. The number of ether oxygens (including phenoxy) is 2. The van der Waals surface area contributed by atoms with Gasteiger partial charge < -0.3 is 9.47 Å². The van der Waals surface area contributed by atoms with Gasteiger partial charge in [0.15, 0.2) is 0 Å². The first kappa shape index (κ1) is 14.1. The largest absolute Gasteiger partial charge is 0.465 e. The third kappa shape index (κ3) is 3.36. The lowest BCUT2D eigenvalue weighted by Crippen LogP contribution is -2.09. The number of carbonyl (C=O) groups is 2. The molecule has 0 amide bonds. The molecular weight excluding hydrogens is 280 g/mol. The Morgan fingerprint density at radius 2 is 1.35 bits per heavy atom. The van der Waals surface area contributed by atoms with Gasteiger partial charge in [-0.05, 0) is 48.5 Å². The van der Waals surface area contributed by atoms with Crippen LogP contribution in [0.3, 0.4) is 0 Å². The Hall–Kier alpha value is -2.33. The van der Waals surface area contributed by atoms with Crippen molar-refractivity contribution in [2.75, 3.05) is 7.11 Å². The molecule has 102 valence electrons. The second-order valence-electron chi connectivity index (χ2n) is 3.91. The molecule has 0 bridgehead atoms. The van der Waals surface area contributed by atoms with Gasteiger partial charge in [0.1, 0.15) is 5.75 Å². The minimum atomic E-state index is -0.510. The molecule has 0 heterocycles. The first-order chi connectivity index (χ1) is 9.60. The molecule has 20 heavy (non-hydrogen) atoms. The van der Waals surface area contributed by atoms with Gasteiger partial charge in [0.2, 0.25) is 0 Å². The molecule has 2 aromatic rings. The highest BCUT2D eigenvalue weighted by Gasteiger charge is 2.10. The van der Waals surface area contributed by atoms with E-state index in [0.29, 0.717) is 21.9 Å². The van der Waals surface area contributed by atoms with E-state index in [1.54, 1.807) is 24.3 Å². The van der Waals surface area contributed by atoms with E-state index in [9.17, 15) is 9.59 Å². The number of halogens is 1. The zero-order valence-electron chi connectivity index (χ0n) is 10.6. The summed E-state index contributed by atoms with van der Waals surface area (Å²) in [5.41, 5.74) is 0.711. The molecule has 0 saturated carbocycles. The molecule has 0 spiro atoms. The number of esters is 2. The second-order valence-corrected chi connectivity index (χ2v) is 4.35. The van der Waals surface area contributed by atoms with Gasteiger partial charge >= 0.3 is 11.9 Å². The quantitative estimate of drug-likeness (QED) is 0.642. The van der Waals surface area contributed by atoms with E-state index in [4.69, 9.17) is 16.3 Å². The molecule has 0 atom stereocenters. The van der Waals surface area contributed by atoms with Crippen LogP contribution in [0, 0.1) is 0 Å². The molecule has 2 aromatic carbocycles. The fourth-order valence-corrected chi connectivity index (χ4v) is 1.65. The monoisotopic (exact) mass is 290 g/mol. The van der Waals surface area contributed by atoms with E-state index in [1.165, 1.54) is 31.4 Å². The molecule has 0 saturated heterocycles. The fourth-order valence-electron chi connectivity index (χ4n) is 1.53. The highest BCUT2D eigenvalue weighted by atomic mass is 35.5. The predicted octanol–water partition coefficient (Wildman–Crippen LogP) is 3.35. The van der Waals surface area contributed by atoms with Crippen molar-refractivity contribution in [2.45, 2.75) is 0 Å². The van der Waals surface area contributed by atoms with Gasteiger partial charge in [-0.2, -0.15) is 0 Å². The predicted molar refractivity (Wildman–Crippen MR) is 74.2 cm³/mol. The van der Waals surface area contributed by atoms with Crippen LogP contribution >= 0.6 is 11.6 Å². The Bertz CT molecular complexity index is 617. The minimum absolute atomic E-state index is 0.340. The molecule has 0 N–H and O–H groups in total. The SMILES string of the molecule is COC(=O)c1ccc(C(=O)Oc2ccc(Cl)cc2)cc1. The van der Waals surface area contributed by atoms with Crippen molar-refractivity contribution in [3.8, 4) is 5.75 Å². The van der Waals surface area contributed by atoms with Gasteiger partial charge in [0.25, 0.3) is 0 Å². The summed E-state index contributed by atoms with van der Waals surface area (Å²) in [5.74, 6) is -0.567. The van der Waals surface area contributed by atoms with Crippen LogP contribution < -0.4 is 4.74 Å². The number of hydrogen-bond donors (Lipinski definition) is 0. The van der Waals surface area contributed by atoms with Crippen LogP contribution in [-0.4, -0.2) is 19.0 Å². The Balaban J connectivity index is 2.09. The van der Waals surface area contributed by atoms with Crippen molar-refractivity contribution in [2.24, 2.45) is 0 Å². The van der Waals surface area contributed by atoms with Gasteiger partial charge in [-0.15, -0.1) is 0 Å². The molecule has 4 nitrogen and oxygen atoms in total. The van der Waals surface area contributed by atoms with Crippen LogP contribution in [0.4, 0.5) is 0 Å². The van der Waals surface area contributed by atoms with Gasteiger partial charge in [-0.25, -0.2) is 9.59 Å². The summed E-state index contributed by atoms with van der Waals surface area (Å²) in [4.78, 5) is 23.1. The molecule has 0 fully saturated rings. The standard InChI is InChI=1S/C15H11ClO4/c1-19-14(17)10-2-4-11(5-3-10)15(18)20-13-8-6-12(16)7-9-13/h2-9H,1H3. The lowest BCUT2D eigenvalue weighted by atomic mass is 10.1. The Morgan fingerprint density at radius 1 is 0.850 bits per heavy atom. The number of benzene rings is 2. The minimum Gasteiger partial charge on any atom is -0.465 e. The zero-order valence-corrected chi connectivity index (χ0v) is 11.4.